The Hall–Kier alpha value is -1.14. The van der Waals surface area contributed by atoms with Crippen LogP contribution in [0.3, 0.4) is 0 Å². The first kappa shape index (κ1) is 18.2. The van der Waals surface area contributed by atoms with Crippen LogP contribution in [0.4, 0.5) is 4.39 Å². The second-order valence-corrected chi connectivity index (χ2v) is 5.99. The van der Waals surface area contributed by atoms with Crippen molar-refractivity contribution in [3.8, 4) is 0 Å². The van der Waals surface area contributed by atoms with E-state index in [0.29, 0.717) is 32.6 Å². The average Bonchev–Trinajstić information content (AvgIpc) is 2.83. The summed E-state index contributed by atoms with van der Waals surface area (Å²) in [5.41, 5.74) is -1.32. The second-order valence-electron chi connectivity index (χ2n) is 5.58. The molecule has 0 amide bonds. The lowest BCUT2D eigenvalue weighted by Crippen LogP contribution is -2.41. The number of aliphatic hydroxyl groups is 1. The summed E-state index contributed by atoms with van der Waals surface area (Å²) in [6.45, 7) is 1.67. The van der Waals surface area contributed by atoms with E-state index in [1.54, 1.807) is 31.5 Å². The van der Waals surface area contributed by atoms with E-state index in [9.17, 15) is 9.50 Å². The van der Waals surface area contributed by atoms with Crippen LogP contribution in [-0.2, 0) is 15.1 Å². The number of hydrogen-bond donors (Lipinski definition) is 2. The lowest BCUT2D eigenvalue weighted by atomic mass is 9.83. The van der Waals surface area contributed by atoms with Gasteiger partial charge in [0.2, 0.25) is 0 Å². The molecule has 1 aromatic carbocycles. The van der Waals surface area contributed by atoms with E-state index in [0.717, 1.165) is 6.42 Å². The largest absolute Gasteiger partial charge is 0.389 e. The summed E-state index contributed by atoms with van der Waals surface area (Å²) in [6.07, 6.45) is 4.62. The van der Waals surface area contributed by atoms with Crippen molar-refractivity contribution in [3.63, 3.8) is 0 Å². The number of ether oxygens (including phenoxy) is 2. The molecule has 0 saturated heterocycles. The Kier molecular flexibility index (Phi) is 6.84. The van der Waals surface area contributed by atoms with Gasteiger partial charge >= 0.3 is 0 Å². The monoisotopic (exact) mass is 343 g/mol. The van der Waals surface area contributed by atoms with E-state index in [1.807, 2.05) is 0 Å². The molecular formula is C17H23ClFNO3. The maximum atomic E-state index is 14.5. The van der Waals surface area contributed by atoms with Gasteiger partial charge in [0, 0.05) is 25.8 Å². The van der Waals surface area contributed by atoms with Crippen LogP contribution in [-0.4, -0.2) is 38.1 Å². The Morgan fingerprint density at radius 2 is 2.30 bits per heavy atom. The summed E-state index contributed by atoms with van der Waals surface area (Å²) in [7, 11) is 1.63. The van der Waals surface area contributed by atoms with Crippen molar-refractivity contribution in [2.24, 2.45) is 0 Å². The van der Waals surface area contributed by atoms with E-state index < -0.39 is 17.5 Å². The highest BCUT2D eigenvalue weighted by Crippen LogP contribution is 2.37. The van der Waals surface area contributed by atoms with Gasteiger partial charge in [0.05, 0.1) is 11.6 Å². The molecule has 1 unspecified atom stereocenters. The molecule has 0 fully saturated rings. The van der Waals surface area contributed by atoms with Crippen molar-refractivity contribution in [2.75, 3.05) is 26.9 Å². The molecule has 128 valence electrons. The molecule has 0 aliphatic carbocycles. The zero-order chi connectivity index (χ0) is 16.7. The molecule has 2 N–H and O–H groups in total. The molecule has 4 nitrogen and oxygen atoms in total. The molecule has 0 saturated carbocycles. The maximum absolute atomic E-state index is 14.5. The van der Waals surface area contributed by atoms with Crippen LogP contribution >= 0.6 is 11.6 Å². The third kappa shape index (κ3) is 4.44. The van der Waals surface area contributed by atoms with Gasteiger partial charge in [-0.25, -0.2) is 4.39 Å². The molecule has 2 atom stereocenters. The lowest BCUT2D eigenvalue weighted by molar-refractivity contribution is -0.0970. The third-order valence-corrected chi connectivity index (χ3v) is 4.27. The van der Waals surface area contributed by atoms with Gasteiger partial charge in [0.1, 0.15) is 17.5 Å². The second kappa shape index (κ2) is 8.64. The average molecular weight is 344 g/mol. The fourth-order valence-corrected chi connectivity index (χ4v) is 2.92. The fraction of sp³-hybridized carbons (Fsp3) is 0.529. The number of halogens is 2. The Morgan fingerprint density at radius 3 is 3.09 bits per heavy atom. The molecule has 6 heteroatoms. The number of rotatable bonds is 7. The molecule has 1 aromatic rings. The smallest absolute Gasteiger partial charge is 0.147 e. The number of benzene rings is 1. The first-order valence-corrected chi connectivity index (χ1v) is 8.15. The van der Waals surface area contributed by atoms with Crippen molar-refractivity contribution in [2.45, 2.75) is 31.0 Å². The van der Waals surface area contributed by atoms with Crippen LogP contribution in [0, 0.1) is 5.82 Å². The summed E-state index contributed by atoms with van der Waals surface area (Å²) in [4.78, 5) is 0. The molecule has 2 rings (SSSR count). The molecule has 0 spiro atoms. The maximum Gasteiger partial charge on any atom is 0.147 e. The van der Waals surface area contributed by atoms with Gasteiger partial charge in [-0.1, -0.05) is 23.7 Å². The predicted molar refractivity (Wildman–Crippen MR) is 87.9 cm³/mol. The minimum absolute atomic E-state index is 0.00598. The topological polar surface area (TPSA) is 50.7 Å². The van der Waals surface area contributed by atoms with Crippen molar-refractivity contribution in [1.82, 2.24) is 5.32 Å². The van der Waals surface area contributed by atoms with Gasteiger partial charge in [-0.3, -0.25) is 0 Å². The Labute approximate surface area is 141 Å². The quantitative estimate of drug-likeness (QED) is 0.747. The summed E-state index contributed by atoms with van der Waals surface area (Å²) in [6, 6.07) is 4.67. The van der Waals surface area contributed by atoms with Crippen molar-refractivity contribution >= 4 is 11.6 Å². The SMILES string of the molecule is COCCCCC(O)(c1cccc(Cl)c1F)[C@H]1C=CNCCO1. The molecule has 0 radical (unpaired) electrons. The molecule has 1 heterocycles. The van der Waals surface area contributed by atoms with Crippen LogP contribution in [0.2, 0.25) is 5.02 Å². The Morgan fingerprint density at radius 1 is 1.48 bits per heavy atom. The molecule has 0 bridgehead atoms. The highest BCUT2D eigenvalue weighted by atomic mass is 35.5. The van der Waals surface area contributed by atoms with Crippen molar-refractivity contribution in [3.05, 3.63) is 46.9 Å². The van der Waals surface area contributed by atoms with E-state index in [-0.39, 0.29) is 10.6 Å². The van der Waals surface area contributed by atoms with Crippen molar-refractivity contribution < 1.29 is 19.0 Å². The predicted octanol–water partition coefficient (Wildman–Crippen LogP) is 2.99. The van der Waals surface area contributed by atoms with Crippen LogP contribution in [0.1, 0.15) is 24.8 Å². The highest BCUT2D eigenvalue weighted by molar-refractivity contribution is 6.30. The zero-order valence-corrected chi connectivity index (χ0v) is 14.0. The third-order valence-electron chi connectivity index (χ3n) is 3.98. The highest BCUT2D eigenvalue weighted by Gasteiger charge is 2.40. The van der Waals surface area contributed by atoms with E-state index in [1.165, 1.54) is 6.07 Å². The number of unbranched alkanes of at least 4 members (excludes halogenated alkanes) is 1. The fourth-order valence-electron chi connectivity index (χ4n) is 2.75. The molecule has 0 aromatic heterocycles. The first-order chi connectivity index (χ1) is 11.1. The van der Waals surface area contributed by atoms with E-state index in [2.05, 4.69) is 5.32 Å². The van der Waals surface area contributed by atoms with Crippen molar-refractivity contribution in [1.29, 1.82) is 0 Å². The number of nitrogens with one attached hydrogen (secondary N) is 1. The standard InChI is InChI=1S/C17H23ClFNO3/c1-22-11-3-2-8-17(21,15-7-9-20-10-12-23-15)13-5-4-6-14(18)16(13)19/h4-7,9,15,20-21H,2-3,8,10-12H2,1H3/t15-,17?/m1/s1. The summed E-state index contributed by atoms with van der Waals surface area (Å²) < 4.78 is 25.3. The zero-order valence-electron chi connectivity index (χ0n) is 13.2. The minimum Gasteiger partial charge on any atom is -0.389 e. The molecule has 1 aliphatic heterocycles. The number of hydrogen-bond acceptors (Lipinski definition) is 4. The lowest BCUT2D eigenvalue weighted by Gasteiger charge is -2.35. The van der Waals surface area contributed by atoms with Gasteiger partial charge in [-0.05, 0) is 37.6 Å². The van der Waals surface area contributed by atoms with E-state index in [4.69, 9.17) is 21.1 Å². The van der Waals surface area contributed by atoms with Gasteiger partial charge in [0.25, 0.3) is 0 Å². The van der Waals surface area contributed by atoms with Crippen LogP contribution in [0.25, 0.3) is 0 Å². The van der Waals surface area contributed by atoms with Gasteiger partial charge < -0.3 is 19.9 Å². The van der Waals surface area contributed by atoms with Crippen LogP contribution in [0.5, 0.6) is 0 Å². The first-order valence-electron chi connectivity index (χ1n) is 7.77. The summed E-state index contributed by atoms with van der Waals surface area (Å²) >= 11 is 5.90. The minimum atomic E-state index is -1.48. The van der Waals surface area contributed by atoms with E-state index >= 15 is 0 Å². The summed E-state index contributed by atoms with van der Waals surface area (Å²) in [5.74, 6) is -0.599. The van der Waals surface area contributed by atoms with Gasteiger partial charge in [-0.2, -0.15) is 0 Å². The normalized spacial score (nSPS) is 20.6. The van der Waals surface area contributed by atoms with Crippen LogP contribution < -0.4 is 5.32 Å². The van der Waals surface area contributed by atoms with Gasteiger partial charge in [0.15, 0.2) is 0 Å². The Balaban J connectivity index is 2.31. The molecule has 1 aliphatic rings. The molecular weight excluding hydrogens is 321 g/mol. The van der Waals surface area contributed by atoms with Gasteiger partial charge in [-0.15, -0.1) is 0 Å². The van der Waals surface area contributed by atoms with Crippen LogP contribution in [0.15, 0.2) is 30.5 Å². The molecule has 23 heavy (non-hydrogen) atoms. The summed E-state index contributed by atoms with van der Waals surface area (Å²) in [5, 5.41) is 14.3. The number of methoxy groups -OCH3 is 1. The Bertz CT molecular complexity index is 541.